The Bertz CT molecular complexity index is 1060. The Labute approximate surface area is 167 Å². The molecule has 0 spiro atoms. The van der Waals surface area contributed by atoms with Gasteiger partial charge in [-0.25, -0.2) is 9.78 Å². The normalized spacial score (nSPS) is 15.0. The van der Waals surface area contributed by atoms with E-state index in [0.29, 0.717) is 53.7 Å². The van der Waals surface area contributed by atoms with Gasteiger partial charge in [0.15, 0.2) is 17.3 Å². The van der Waals surface area contributed by atoms with Crippen molar-refractivity contribution in [2.75, 3.05) is 13.1 Å². The smallest absolute Gasteiger partial charge is 0.410 e. The molecule has 1 amide bonds. The number of furan rings is 1. The monoisotopic (exact) mass is 395 g/mol. The van der Waals surface area contributed by atoms with Crippen LogP contribution >= 0.6 is 0 Å². The lowest BCUT2D eigenvalue weighted by molar-refractivity contribution is 0.0652. The van der Waals surface area contributed by atoms with E-state index in [1.165, 1.54) is 6.20 Å². The van der Waals surface area contributed by atoms with Gasteiger partial charge in [-0.3, -0.25) is 0 Å². The third-order valence-corrected chi connectivity index (χ3v) is 4.91. The lowest BCUT2D eigenvalue weighted by Gasteiger charge is -2.31. The summed E-state index contributed by atoms with van der Waals surface area (Å²) in [7, 11) is 0. The maximum absolute atomic E-state index is 12.0. The molecule has 3 aromatic rings. The number of likely N-dealkylation sites (tertiary alicyclic amines) is 1. The van der Waals surface area contributed by atoms with E-state index in [9.17, 15) is 4.79 Å². The lowest BCUT2D eigenvalue weighted by atomic mass is 9.93. The Hall–Kier alpha value is -3.41. The van der Waals surface area contributed by atoms with Crippen LogP contribution in [0, 0.1) is 17.2 Å². The molecule has 29 heavy (non-hydrogen) atoms. The summed E-state index contributed by atoms with van der Waals surface area (Å²) in [6.45, 7) is 5.01. The zero-order valence-corrected chi connectivity index (χ0v) is 16.3. The molecular formula is C20H21N5O4. The minimum absolute atomic E-state index is 0.115. The van der Waals surface area contributed by atoms with Crippen LogP contribution in [0.1, 0.15) is 38.2 Å². The summed E-state index contributed by atoms with van der Waals surface area (Å²) in [6, 6.07) is 5.42. The number of rotatable bonds is 4. The molecule has 9 heteroatoms. The Balaban J connectivity index is 1.39. The lowest BCUT2D eigenvalue weighted by Crippen LogP contribution is -2.40. The van der Waals surface area contributed by atoms with Crippen LogP contribution in [-0.4, -0.2) is 45.3 Å². The summed E-state index contributed by atoms with van der Waals surface area (Å²) >= 11 is 0. The van der Waals surface area contributed by atoms with E-state index >= 15 is 0 Å². The second-order valence-electron chi connectivity index (χ2n) is 7.38. The van der Waals surface area contributed by atoms with E-state index in [-0.39, 0.29) is 18.1 Å². The molecule has 0 aliphatic carbocycles. The third kappa shape index (κ3) is 4.06. The maximum atomic E-state index is 12.0. The van der Waals surface area contributed by atoms with Crippen LogP contribution in [0.3, 0.4) is 0 Å². The Morgan fingerprint density at radius 3 is 2.93 bits per heavy atom. The van der Waals surface area contributed by atoms with Crippen molar-refractivity contribution in [2.45, 2.75) is 39.2 Å². The van der Waals surface area contributed by atoms with E-state index in [1.54, 1.807) is 17.0 Å². The average molecular weight is 395 g/mol. The molecule has 0 bridgehead atoms. The standard InChI is InChI=1S/C20H21N5O4/c1-12(2)27-20(26)25-7-4-13(5-8-25)9-18-23-19(29-24-18)17-10-14-15(11-21)22-6-3-16(14)28-17/h3,6,10,12-13H,4-5,7-9H2,1-2H3. The summed E-state index contributed by atoms with van der Waals surface area (Å²) in [6.07, 6.45) is 3.55. The van der Waals surface area contributed by atoms with E-state index in [0.717, 1.165) is 12.8 Å². The summed E-state index contributed by atoms with van der Waals surface area (Å²) in [5.74, 6) is 1.66. The number of ether oxygens (including phenoxy) is 1. The van der Waals surface area contributed by atoms with Crippen molar-refractivity contribution in [1.29, 1.82) is 5.26 Å². The van der Waals surface area contributed by atoms with Crippen molar-refractivity contribution in [1.82, 2.24) is 20.0 Å². The van der Waals surface area contributed by atoms with Crippen LogP contribution < -0.4 is 0 Å². The summed E-state index contributed by atoms with van der Waals surface area (Å²) < 4.78 is 16.3. The number of aromatic nitrogens is 3. The first-order chi connectivity index (χ1) is 14.0. The molecule has 0 saturated carbocycles. The fourth-order valence-electron chi connectivity index (χ4n) is 3.45. The second kappa shape index (κ2) is 7.91. The van der Waals surface area contributed by atoms with E-state index in [4.69, 9.17) is 18.9 Å². The number of amides is 1. The van der Waals surface area contributed by atoms with Crippen molar-refractivity contribution < 1.29 is 18.5 Å². The molecule has 4 heterocycles. The minimum Gasteiger partial charge on any atom is -0.451 e. The first-order valence-electron chi connectivity index (χ1n) is 9.60. The third-order valence-electron chi connectivity index (χ3n) is 4.91. The summed E-state index contributed by atoms with van der Waals surface area (Å²) in [5.41, 5.74) is 0.840. The van der Waals surface area contributed by atoms with Crippen molar-refractivity contribution in [3.63, 3.8) is 0 Å². The van der Waals surface area contributed by atoms with Gasteiger partial charge >= 0.3 is 6.09 Å². The molecule has 0 radical (unpaired) electrons. The van der Waals surface area contributed by atoms with Crippen molar-refractivity contribution in [3.8, 4) is 17.7 Å². The number of nitrogens with zero attached hydrogens (tertiary/aromatic N) is 5. The number of hydrogen-bond acceptors (Lipinski definition) is 8. The van der Waals surface area contributed by atoms with Crippen molar-refractivity contribution in [2.24, 2.45) is 5.92 Å². The molecule has 0 atom stereocenters. The number of piperidine rings is 1. The first kappa shape index (κ1) is 18.9. The van der Waals surface area contributed by atoms with Crippen molar-refractivity contribution >= 4 is 17.1 Å². The highest BCUT2D eigenvalue weighted by atomic mass is 16.6. The van der Waals surface area contributed by atoms with Crippen LogP contribution in [0.2, 0.25) is 0 Å². The molecule has 1 saturated heterocycles. The molecule has 0 N–H and O–H groups in total. The molecule has 1 aliphatic heterocycles. The zero-order valence-electron chi connectivity index (χ0n) is 16.3. The van der Waals surface area contributed by atoms with Gasteiger partial charge in [0.25, 0.3) is 5.89 Å². The van der Waals surface area contributed by atoms with Crippen LogP contribution in [-0.2, 0) is 11.2 Å². The van der Waals surface area contributed by atoms with Crippen LogP contribution in [0.25, 0.3) is 22.6 Å². The Kier molecular flexibility index (Phi) is 5.16. The van der Waals surface area contributed by atoms with E-state index < -0.39 is 0 Å². The van der Waals surface area contributed by atoms with Gasteiger partial charge in [-0.2, -0.15) is 10.2 Å². The molecule has 150 valence electrons. The Morgan fingerprint density at radius 2 is 2.21 bits per heavy atom. The maximum Gasteiger partial charge on any atom is 0.410 e. The second-order valence-corrected chi connectivity index (χ2v) is 7.38. The molecule has 1 fully saturated rings. The topological polar surface area (TPSA) is 118 Å². The zero-order chi connectivity index (χ0) is 20.4. The van der Waals surface area contributed by atoms with Gasteiger partial charge in [0.05, 0.1) is 11.5 Å². The van der Waals surface area contributed by atoms with Gasteiger partial charge in [-0.15, -0.1) is 0 Å². The highest BCUT2D eigenvalue weighted by molar-refractivity contribution is 5.85. The quantitative estimate of drug-likeness (QED) is 0.658. The van der Waals surface area contributed by atoms with Crippen LogP contribution in [0.4, 0.5) is 4.79 Å². The van der Waals surface area contributed by atoms with Gasteiger partial charge in [0, 0.05) is 31.8 Å². The molecule has 9 nitrogen and oxygen atoms in total. The predicted molar refractivity (Wildman–Crippen MR) is 102 cm³/mol. The largest absolute Gasteiger partial charge is 0.451 e. The van der Waals surface area contributed by atoms with Gasteiger partial charge in [-0.1, -0.05) is 5.16 Å². The highest BCUT2D eigenvalue weighted by Crippen LogP contribution is 2.29. The highest BCUT2D eigenvalue weighted by Gasteiger charge is 2.26. The number of carbonyl (C=O) groups excluding carboxylic acids is 1. The number of hydrogen-bond donors (Lipinski definition) is 0. The average Bonchev–Trinajstić information content (AvgIpc) is 3.34. The Morgan fingerprint density at radius 1 is 1.41 bits per heavy atom. The van der Waals surface area contributed by atoms with Crippen LogP contribution in [0.5, 0.6) is 0 Å². The minimum atomic E-state index is -0.253. The molecular weight excluding hydrogens is 374 g/mol. The van der Waals surface area contributed by atoms with E-state index in [1.807, 2.05) is 19.9 Å². The van der Waals surface area contributed by atoms with E-state index in [2.05, 4.69) is 15.1 Å². The fraction of sp³-hybridized carbons (Fsp3) is 0.450. The predicted octanol–water partition coefficient (Wildman–Crippen LogP) is 3.55. The summed E-state index contributed by atoms with van der Waals surface area (Å²) in [5, 5.41) is 13.8. The fourth-order valence-corrected chi connectivity index (χ4v) is 3.45. The molecule has 1 aliphatic rings. The van der Waals surface area contributed by atoms with Crippen molar-refractivity contribution in [3.05, 3.63) is 29.8 Å². The number of carbonyl (C=O) groups is 1. The number of nitriles is 1. The van der Waals surface area contributed by atoms with Gasteiger partial charge in [-0.05, 0) is 38.7 Å². The van der Waals surface area contributed by atoms with Gasteiger partial charge in [0.2, 0.25) is 0 Å². The number of fused-ring (bicyclic) bond motifs is 1. The molecule has 3 aromatic heterocycles. The SMILES string of the molecule is CC(C)OC(=O)N1CCC(Cc2noc(-c3cc4c(C#N)nccc4o3)n2)CC1. The van der Waals surface area contributed by atoms with Gasteiger partial charge < -0.3 is 18.6 Å². The van der Waals surface area contributed by atoms with Crippen LogP contribution in [0.15, 0.2) is 27.3 Å². The number of pyridine rings is 1. The molecule has 0 aromatic carbocycles. The molecule has 0 unspecified atom stereocenters. The molecule has 4 rings (SSSR count). The van der Waals surface area contributed by atoms with Gasteiger partial charge in [0.1, 0.15) is 11.7 Å². The first-order valence-corrected chi connectivity index (χ1v) is 9.60. The summed E-state index contributed by atoms with van der Waals surface area (Å²) in [4.78, 5) is 22.2.